The maximum absolute atomic E-state index is 12.3. The Bertz CT molecular complexity index is 680. The van der Waals surface area contributed by atoms with E-state index in [9.17, 15) is 4.79 Å². The number of thiazole rings is 1. The van der Waals surface area contributed by atoms with Crippen molar-refractivity contribution in [2.75, 3.05) is 26.2 Å². The molecule has 2 amide bonds. The van der Waals surface area contributed by atoms with Crippen molar-refractivity contribution in [2.24, 2.45) is 0 Å². The maximum Gasteiger partial charge on any atom is 0.317 e. The largest absolute Gasteiger partial charge is 0.333 e. The van der Waals surface area contributed by atoms with Crippen LogP contribution in [0, 0.1) is 13.8 Å². The van der Waals surface area contributed by atoms with Gasteiger partial charge >= 0.3 is 6.03 Å². The number of hydrogen-bond donors (Lipinski definition) is 1. The summed E-state index contributed by atoms with van der Waals surface area (Å²) in [5, 5.41) is 4.06. The number of rotatable bonds is 4. The molecule has 1 aliphatic rings. The van der Waals surface area contributed by atoms with Crippen LogP contribution in [0.15, 0.2) is 24.4 Å². The fourth-order valence-corrected chi connectivity index (χ4v) is 3.71. The van der Waals surface area contributed by atoms with Crippen LogP contribution in [0.3, 0.4) is 0 Å². The predicted octanol–water partition coefficient (Wildman–Crippen LogP) is 2.18. The normalized spacial score (nSPS) is 15.5. The van der Waals surface area contributed by atoms with Gasteiger partial charge in [0, 0.05) is 43.8 Å². The van der Waals surface area contributed by atoms with Crippen LogP contribution in [0.1, 0.15) is 21.3 Å². The number of nitrogens with zero attached hydrogens (tertiary/aromatic N) is 4. The highest BCUT2D eigenvalue weighted by Gasteiger charge is 2.21. The smallest absolute Gasteiger partial charge is 0.317 e. The molecular formula is C17H23N5OS. The predicted molar refractivity (Wildman–Crippen MR) is 94.9 cm³/mol. The second-order valence-corrected chi connectivity index (χ2v) is 7.27. The fraction of sp³-hybridized carbons (Fsp3) is 0.471. The molecule has 1 aliphatic heterocycles. The Morgan fingerprint density at radius 1 is 1.25 bits per heavy atom. The SMILES string of the molecule is Cc1nc(C)c(CNC(=O)N2CCN(Cc3ccccn3)CC2)s1. The Hall–Kier alpha value is -1.99. The molecule has 0 atom stereocenters. The Morgan fingerprint density at radius 2 is 2.04 bits per heavy atom. The molecule has 1 fully saturated rings. The lowest BCUT2D eigenvalue weighted by Gasteiger charge is -2.34. The molecule has 0 unspecified atom stereocenters. The summed E-state index contributed by atoms with van der Waals surface area (Å²) in [4.78, 5) is 26.4. The standard InChI is InChI=1S/C17H23N5OS/c1-13-16(24-14(2)20-13)11-19-17(23)22-9-7-21(8-10-22)12-15-5-3-4-6-18-15/h3-6H,7-12H2,1-2H3,(H,19,23). The molecule has 2 aromatic heterocycles. The van der Waals surface area contributed by atoms with E-state index in [1.807, 2.05) is 43.1 Å². The van der Waals surface area contributed by atoms with Crippen LogP contribution in [0.4, 0.5) is 4.79 Å². The lowest BCUT2D eigenvalue weighted by molar-refractivity contribution is 0.134. The molecular weight excluding hydrogens is 322 g/mol. The first-order valence-corrected chi connectivity index (χ1v) is 9.01. The lowest BCUT2D eigenvalue weighted by Crippen LogP contribution is -2.51. The van der Waals surface area contributed by atoms with Crippen molar-refractivity contribution in [3.63, 3.8) is 0 Å². The number of pyridine rings is 1. The minimum absolute atomic E-state index is 0.0120. The number of nitrogens with one attached hydrogen (secondary N) is 1. The molecule has 7 heteroatoms. The monoisotopic (exact) mass is 345 g/mol. The van der Waals surface area contributed by atoms with Gasteiger partial charge in [0.15, 0.2) is 0 Å². The molecule has 0 saturated carbocycles. The van der Waals surface area contributed by atoms with Crippen molar-refractivity contribution in [2.45, 2.75) is 26.9 Å². The van der Waals surface area contributed by atoms with Gasteiger partial charge in [-0.25, -0.2) is 9.78 Å². The number of carbonyl (C=O) groups excluding carboxylic acids is 1. The van der Waals surface area contributed by atoms with Crippen molar-refractivity contribution >= 4 is 17.4 Å². The van der Waals surface area contributed by atoms with Crippen LogP contribution < -0.4 is 5.32 Å². The zero-order valence-electron chi connectivity index (χ0n) is 14.2. The average molecular weight is 345 g/mol. The molecule has 1 saturated heterocycles. The van der Waals surface area contributed by atoms with E-state index >= 15 is 0 Å². The zero-order valence-corrected chi connectivity index (χ0v) is 15.0. The average Bonchev–Trinajstić information content (AvgIpc) is 2.92. The van der Waals surface area contributed by atoms with Crippen LogP contribution in [-0.4, -0.2) is 52.0 Å². The van der Waals surface area contributed by atoms with Crippen molar-refractivity contribution in [1.29, 1.82) is 0 Å². The van der Waals surface area contributed by atoms with Gasteiger partial charge in [-0.3, -0.25) is 9.88 Å². The van der Waals surface area contributed by atoms with Gasteiger partial charge in [-0.15, -0.1) is 11.3 Å². The first-order chi connectivity index (χ1) is 11.6. The number of piperazine rings is 1. The summed E-state index contributed by atoms with van der Waals surface area (Å²) in [7, 11) is 0. The van der Waals surface area contributed by atoms with E-state index in [-0.39, 0.29) is 6.03 Å². The van der Waals surface area contributed by atoms with Gasteiger partial charge in [-0.05, 0) is 26.0 Å². The summed E-state index contributed by atoms with van der Waals surface area (Å²) in [5.74, 6) is 0. The van der Waals surface area contributed by atoms with E-state index in [2.05, 4.69) is 20.2 Å². The van der Waals surface area contributed by atoms with Gasteiger partial charge in [0.25, 0.3) is 0 Å². The minimum atomic E-state index is 0.0120. The Balaban J connectivity index is 1.44. The minimum Gasteiger partial charge on any atom is -0.333 e. The number of amides is 2. The highest BCUT2D eigenvalue weighted by Crippen LogP contribution is 2.16. The van der Waals surface area contributed by atoms with E-state index in [0.29, 0.717) is 6.54 Å². The van der Waals surface area contributed by atoms with Crippen LogP contribution in [0.25, 0.3) is 0 Å². The molecule has 2 aromatic rings. The number of aryl methyl sites for hydroxylation is 2. The first kappa shape index (κ1) is 16.9. The number of urea groups is 1. The quantitative estimate of drug-likeness (QED) is 0.923. The summed E-state index contributed by atoms with van der Waals surface area (Å²) in [5.41, 5.74) is 2.09. The third-order valence-corrected chi connectivity index (χ3v) is 5.24. The van der Waals surface area contributed by atoms with Crippen LogP contribution in [0.5, 0.6) is 0 Å². The van der Waals surface area contributed by atoms with Gasteiger partial charge in [0.05, 0.1) is 22.9 Å². The Morgan fingerprint density at radius 3 is 2.67 bits per heavy atom. The van der Waals surface area contributed by atoms with E-state index in [1.165, 1.54) is 0 Å². The number of hydrogen-bond acceptors (Lipinski definition) is 5. The molecule has 0 bridgehead atoms. The summed E-state index contributed by atoms with van der Waals surface area (Å²) >= 11 is 1.65. The van der Waals surface area contributed by atoms with Gasteiger partial charge in [0.1, 0.15) is 0 Å². The number of aromatic nitrogens is 2. The second kappa shape index (κ2) is 7.72. The van der Waals surface area contributed by atoms with Crippen LogP contribution in [-0.2, 0) is 13.1 Å². The van der Waals surface area contributed by atoms with Gasteiger partial charge < -0.3 is 10.2 Å². The molecule has 3 heterocycles. The van der Waals surface area contributed by atoms with Gasteiger partial charge in [0.2, 0.25) is 0 Å². The van der Waals surface area contributed by atoms with Crippen molar-refractivity contribution < 1.29 is 4.79 Å². The molecule has 0 spiro atoms. The summed E-state index contributed by atoms with van der Waals surface area (Å²) < 4.78 is 0. The topological polar surface area (TPSA) is 61.4 Å². The Kier molecular flexibility index (Phi) is 5.42. The number of carbonyl (C=O) groups is 1. The highest BCUT2D eigenvalue weighted by molar-refractivity contribution is 7.11. The van der Waals surface area contributed by atoms with Gasteiger partial charge in [-0.2, -0.15) is 0 Å². The lowest BCUT2D eigenvalue weighted by atomic mass is 10.3. The Labute approximate surface area is 146 Å². The molecule has 0 aromatic carbocycles. The van der Waals surface area contributed by atoms with E-state index in [4.69, 9.17) is 0 Å². The van der Waals surface area contributed by atoms with Crippen LogP contribution in [0.2, 0.25) is 0 Å². The highest BCUT2D eigenvalue weighted by atomic mass is 32.1. The summed E-state index contributed by atoms with van der Waals surface area (Å²) in [6, 6.07) is 5.99. The fourth-order valence-electron chi connectivity index (χ4n) is 2.84. The third kappa shape index (κ3) is 4.30. The van der Waals surface area contributed by atoms with E-state index < -0.39 is 0 Å². The van der Waals surface area contributed by atoms with E-state index in [0.717, 1.165) is 54.0 Å². The molecule has 0 radical (unpaired) electrons. The summed E-state index contributed by atoms with van der Waals surface area (Å²) in [6.07, 6.45) is 1.82. The molecule has 24 heavy (non-hydrogen) atoms. The van der Waals surface area contributed by atoms with Crippen LogP contribution >= 0.6 is 11.3 Å². The first-order valence-electron chi connectivity index (χ1n) is 8.20. The zero-order chi connectivity index (χ0) is 16.9. The maximum atomic E-state index is 12.3. The third-order valence-electron chi connectivity index (χ3n) is 4.17. The van der Waals surface area contributed by atoms with Crippen molar-refractivity contribution in [3.05, 3.63) is 45.7 Å². The van der Waals surface area contributed by atoms with Crippen molar-refractivity contribution in [1.82, 2.24) is 25.1 Å². The molecule has 128 valence electrons. The second-order valence-electron chi connectivity index (χ2n) is 5.98. The van der Waals surface area contributed by atoms with Crippen molar-refractivity contribution in [3.8, 4) is 0 Å². The molecule has 3 rings (SSSR count). The van der Waals surface area contributed by atoms with Gasteiger partial charge in [-0.1, -0.05) is 6.07 Å². The molecule has 1 N–H and O–H groups in total. The van der Waals surface area contributed by atoms with E-state index in [1.54, 1.807) is 11.3 Å². The summed E-state index contributed by atoms with van der Waals surface area (Å²) in [6.45, 7) is 8.63. The molecule has 6 nitrogen and oxygen atoms in total. The molecule has 0 aliphatic carbocycles.